The minimum atomic E-state index is -0.517. The van der Waals surface area contributed by atoms with Crippen LogP contribution in [0.15, 0.2) is 42.5 Å². The monoisotopic (exact) mass is 258 g/mol. The van der Waals surface area contributed by atoms with E-state index in [1.165, 1.54) is 12.1 Å². The van der Waals surface area contributed by atoms with Crippen molar-refractivity contribution in [2.24, 2.45) is 0 Å². The first-order chi connectivity index (χ1) is 9.06. The van der Waals surface area contributed by atoms with Gasteiger partial charge in [-0.1, -0.05) is 18.2 Å². The number of benzene rings is 2. The number of hydrogen-bond acceptors (Lipinski definition) is 2. The van der Waals surface area contributed by atoms with E-state index in [1.807, 2.05) is 32.0 Å². The molecule has 0 N–H and O–H groups in total. The summed E-state index contributed by atoms with van der Waals surface area (Å²) in [5.74, 6) is -0.254. The van der Waals surface area contributed by atoms with E-state index in [0.29, 0.717) is 5.75 Å². The Kier molecular flexibility index (Phi) is 3.95. The van der Waals surface area contributed by atoms with Gasteiger partial charge in [-0.05, 0) is 49.2 Å². The van der Waals surface area contributed by atoms with Gasteiger partial charge in [0.15, 0.2) is 6.61 Å². The van der Waals surface area contributed by atoms with Crippen LogP contribution in [0.4, 0.5) is 4.39 Å². The van der Waals surface area contributed by atoms with Gasteiger partial charge in [0.25, 0.3) is 0 Å². The average molecular weight is 258 g/mol. The maximum Gasteiger partial charge on any atom is 0.203 e. The maximum absolute atomic E-state index is 13.4. The van der Waals surface area contributed by atoms with E-state index in [-0.39, 0.29) is 18.0 Å². The maximum atomic E-state index is 13.4. The van der Waals surface area contributed by atoms with Gasteiger partial charge in [0.1, 0.15) is 11.6 Å². The summed E-state index contributed by atoms with van der Waals surface area (Å²) in [5.41, 5.74) is 2.19. The molecular weight excluding hydrogens is 243 g/mol. The zero-order valence-electron chi connectivity index (χ0n) is 10.9. The minimum absolute atomic E-state index is 0.0619. The summed E-state index contributed by atoms with van der Waals surface area (Å²) in [4.78, 5) is 11.8. The highest BCUT2D eigenvalue weighted by Gasteiger charge is 2.11. The van der Waals surface area contributed by atoms with Crippen molar-refractivity contribution in [2.45, 2.75) is 13.8 Å². The molecule has 19 heavy (non-hydrogen) atoms. The molecule has 0 bridgehead atoms. The van der Waals surface area contributed by atoms with Gasteiger partial charge in [-0.2, -0.15) is 0 Å². The van der Waals surface area contributed by atoms with E-state index >= 15 is 0 Å². The number of Topliss-reactive ketones (excluding diaryl/α,β-unsaturated/α-hetero) is 1. The summed E-state index contributed by atoms with van der Waals surface area (Å²) in [7, 11) is 0. The molecule has 0 amide bonds. The molecule has 0 heterocycles. The van der Waals surface area contributed by atoms with E-state index in [9.17, 15) is 9.18 Å². The lowest BCUT2D eigenvalue weighted by atomic mass is 10.1. The van der Waals surface area contributed by atoms with E-state index < -0.39 is 5.82 Å². The van der Waals surface area contributed by atoms with Crippen molar-refractivity contribution in [3.05, 3.63) is 65.0 Å². The van der Waals surface area contributed by atoms with Crippen LogP contribution in [-0.2, 0) is 0 Å². The van der Waals surface area contributed by atoms with Crippen LogP contribution in [-0.4, -0.2) is 12.4 Å². The van der Waals surface area contributed by atoms with E-state index in [4.69, 9.17) is 4.74 Å². The van der Waals surface area contributed by atoms with Gasteiger partial charge in [0.2, 0.25) is 5.78 Å². The molecule has 3 heteroatoms. The van der Waals surface area contributed by atoms with Crippen LogP contribution in [0.25, 0.3) is 0 Å². The Hall–Kier alpha value is -2.16. The van der Waals surface area contributed by atoms with E-state index in [0.717, 1.165) is 11.1 Å². The van der Waals surface area contributed by atoms with Crippen molar-refractivity contribution in [3.8, 4) is 5.75 Å². The van der Waals surface area contributed by atoms with Crippen LogP contribution in [0.5, 0.6) is 5.75 Å². The summed E-state index contributed by atoms with van der Waals surface area (Å²) in [6, 6.07) is 11.6. The topological polar surface area (TPSA) is 26.3 Å². The Morgan fingerprint density at radius 2 is 1.74 bits per heavy atom. The number of hydrogen-bond donors (Lipinski definition) is 0. The van der Waals surface area contributed by atoms with Gasteiger partial charge >= 0.3 is 0 Å². The number of rotatable bonds is 4. The molecular formula is C16H15FO2. The smallest absolute Gasteiger partial charge is 0.203 e. The van der Waals surface area contributed by atoms with Crippen molar-refractivity contribution >= 4 is 5.78 Å². The normalized spacial score (nSPS) is 10.3. The molecule has 98 valence electrons. The summed E-state index contributed by atoms with van der Waals surface area (Å²) >= 11 is 0. The van der Waals surface area contributed by atoms with Crippen molar-refractivity contribution < 1.29 is 13.9 Å². The molecule has 0 aliphatic rings. The molecule has 0 aliphatic heterocycles. The van der Waals surface area contributed by atoms with Gasteiger partial charge in [-0.3, -0.25) is 4.79 Å². The Morgan fingerprint density at radius 1 is 1.11 bits per heavy atom. The second-order valence-corrected chi connectivity index (χ2v) is 4.52. The molecule has 2 aromatic rings. The van der Waals surface area contributed by atoms with Gasteiger partial charge in [0.05, 0.1) is 5.56 Å². The Morgan fingerprint density at radius 3 is 2.37 bits per heavy atom. The van der Waals surface area contributed by atoms with Crippen molar-refractivity contribution in [1.82, 2.24) is 0 Å². The fourth-order valence-corrected chi connectivity index (χ4v) is 1.93. The van der Waals surface area contributed by atoms with Gasteiger partial charge in [0, 0.05) is 0 Å². The van der Waals surface area contributed by atoms with E-state index in [2.05, 4.69) is 0 Å². The Bertz CT molecular complexity index is 585. The summed E-state index contributed by atoms with van der Waals surface area (Å²) in [5, 5.41) is 0. The number of ketones is 1. The van der Waals surface area contributed by atoms with Crippen molar-refractivity contribution in [3.63, 3.8) is 0 Å². The van der Waals surface area contributed by atoms with Crippen LogP contribution in [0.1, 0.15) is 21.5 Å². The highest BCUT2D eigenvalue weighted by Crippen LogP contribution is 2.17. The predicted octanol–water partition coefficient (Wildman–Crippen LogP) is 3.70. The number of carbonyl (C=O) groups is 1. The summed E-state index contributed by atoms with van der Waals surface area (Å²) in [6.45, 7) is 3.75. The van der Waals surface area contributed by atoms with Gasteiger partial charge in [-0.15, -0.1) is 0 Å². The third-order valence-electron chi connectivity index (χ3n) is 2.74. The minimum Gasteiger partial charge on any atom is -0.485 e. The Labute approximate surface area is 111 Å². The fraction of sp³-hybridized carbons (Fsp3) is 0.188. The lowest BCUT2D eigenvalue weighted by Gasteiger charge is -2.08. The highest BCUT2D eigenvalue weighted by atomic mass is 19.1. The molecule has 2 rings (SSSR count). The van der Waals surface area contributed by atoms with Crippen LogP contribution in [0, 0.1) is 19.7 Å². The Balaban J connectivity index is 2.07. The molecule has 0 fully saturated rings. The summed E-state index contributed by atoms with van der Waals surface area (Å²) in [6.07, 6.45) is 0. The fourth-order valence-electron chi connectivity index (χ4n) is 1.93. The third kappa shape index (κ3) is 3.41. The molecule has 0 saturated carbocycles. The van der Waals surface area contributed by atoms with Crippen LogP contribution in [0.3, 0.4) is 0 Å². The number of halogens is 1. The molecule has 0 radical (unpaired) electrons. The molecule has 0 aliphatic carbocycles. The molecule has 0 atom stereocenters. The van der Waals surface area contributed by atoms with Crippen molar-refractivity contribution in [2.75, 3.05) is 6.61 Å². The lowest BCUT2D eigenvalue weighted by Crippen LogP contribution is -2.13. The third-order valence-corrected chi connectivity index (χ3v) is 2.74. The number of aryl methyl sites for hydroxylation is 2. The second kappa shape index (κ2) is 5.65. The van der Waals surface area contributed by atoms with Crippen LogP contribution < -0.4 is 4.74 Å². The number of ether oxygens (including phenoxy) is 1. The molecule has 2 nitrogen and oxygen atoms in total. The second-order valence-electron chi connectivity index (χ2n) is 4.52. The molecule has 2 aromatic carbocycles. The van der Waals surface area contributed by atoms with Crippen LogP contribution >= 0.6 is 0 Å². The molecule has 0 spiro atoms. The van der Waals surface area contributed by atoms with Crippen LogP contribution in [0.2, 0.25) is 0 Å². The zero-order valence-corrected chi connectivity index (χ0v) is 10.9. The zero-order chi connectivity index (χ0) is 13.8. The average Bonchev–Trinajstić information content (AvgIpc) is 2.35. The van der Waals surface area contributed by atoms with Gasteiger partial charge in [-0.25, -0.2) is 4.39 Å². The predicted molar refractivity (Wildman–Crippen MR) is 72.1 cm³/mol. The van der Waals surface area contributed by atoms with Gasteiger partial charge < -0.3 is 4.74 Å². The molecule has 0 unspecified atom stereocenters. The standard InChI is InChI=1S/C16H15FO2/c1-11-7-12(2)9-13(8-11)19-10-16(18)14-5-3-4-6-15(14)17/h3-9H,10H2,1-2H3. The molecule has 0 saturated heterocycles. The van der Waals surface area contributed by atoms with E-state index in [1.54, 1.807) is 12.1 Å². The first-order valence-corrected chi connectivity index (χ1v) is 6.05. The van der Waals surface area contributed by atoms with Crippen molar-refractivity contribution in [1.29, 1.82) is 0 Å². The lowest BCUT2D eigenvalue weighted by molar-refractivity contribution is 0.0917. The quantitative estimate of drug-likeness (QED) is 0.781. The first-order valence-electron chi connectivity index (χ1n) is 6.05. The number of carbonyl (C=O) groups excluding carboxylic acids is 1. The molecule has 0 aromatic heterocycles. The highest BCUT2D eigenvalue weighted by molar-refractivity contribution is 5.97. The summed E-state index contributed by atoms with van der Waals surface area (Å²) < 4.78 is 18.8. The first kappa shape index (κ1) is 13.3. The SMILES string of the molecule is Cc1cc(C)cc(OCC(=O)c2ccccc2F)c1. The largest absolute Gasteiger partial charge is 0.485 e.